The number of nitrogens with one attached hydrogen (secondary N) is 9. The van der Waals surface area contributed by atoms with Crippen molar-refractivity contribution in [1.82, 2.24) is 57.3 Å². The molecule has 89 heavy (non-hydrogen) atoms. The molecule has 2 saturated heterocycles. The number of rotatable bonds is 17. The summed E-state index contributed by atoms with van der Waals surface area (Å²) >= 11 is -2.41. The Hall–Kier alpha value is -8.69. The average molecular weight is 1260 g/mol. The van der Waals surface area contributed by atoms with Crippen molar-refractivity contribution in [3.63, 3.8) is 0 Å². The summed E-state index contributed by atoms with van der Waals surface area (Å²) in [4.78, 5) is 168. The van der Waals surface area contributed by atoms with E-state index in [9.17, 15) is 67.5 Å². The van der Waals surface area contributed by atoms with Gasteiger partial charge in [0, 0.05) is 90.7 Å². The van der Waals surface area contributed by atoms with Crippen LogP contribution < -0.4 is 53.0 Å². The normalized spacial score (nSPS) is 26.7. The van der Waals surface area contributed by atoms with Crippen LogP contribution in [0.1, 0.15) is 63.9 Å². The zero-order chi connectivity index (χ0) is 64.2. The SMILES string of the molecule is CC[C@H](C)[C@@H]1NC(=O)CNC(=O)C2Cc3c([nH]c4cc(O)ccc34)[S@+]([O-])CC(NC(=O)CNC1=O)C(=O)NC(CC(N)=O)C(=O)N1CC(O)CC1C(=O)N[C@@H]([C@@H](C)[C@@H]1COC(c3ccc(OCCOCCNC(=O)CCN4C(=O)C=CC4=O)cc3)O1)C(=O)N2. The molecule has 0 aliphatic carbocycles. The van der Waals surface area contributed by atoms with Gasteiger partial charge < -0.3 is 91.9 Å². The Bertz CT molecular complexity index is 3220. The van der Waals surface area contributed by atoms with Crippen LogP contribution in [0.4, 0.5) is 0 Å². The van der Waals surface area contributed by atoms with Gasteiger partial charge in [-0.3, -0.25) is 62.4 Å². The minimum atomic E-state index is -2.41. The maximum Gasteiger partial charge on any atom is 0.253 e. The van der Waals surface area contributed by atoms with Crippen LogP contribution in [0.3, 0.4) is 0 Å². The number of nitrogens with two attached hydrogens (primary N) is 1. The molecular weight excluding hydrogens is 1190 g/mol. The number of aromatic amines is 1. The van der Waals surface area contributed by atoms with Gasteiger partial charge in [-0.05, 0) is 30.2 Å². The van der Waals surface area contributed by atoms with Crippen LogP contribution in [0.25, 0.3) is 10.9 Å². The van der Waals surface area contributed by atoms with E-state index in [1.165, 1.54) is 18.2 Å². The molecule has 12 atom stereocenters. The standard InChI is InChI=1S/C57H72N12O19S/c1-4-28(2)48-53(81)61-23-44(74)62-39-27-89(84)55-35(34-10-7-31(70)19-36(34)65-55)21-37(50(78)60-24-45(75)66-48)63-54(82)49(67-52(80)40-20-32(71)25-69(40)56(83)38(22-42(58)72)64-51(39)79)29(3)41-26-87-57(88-41)30-5-8-33(9-6-30)86-18-17-85-16-14-59-43(73)13-15-68-46(76)11-12-47(68)77/h5-12,19,28-29,32,37-41,48-49,57,65,70-71H,4,13-18,20-27H2,1-3H3,(H2,58,72)(H,59,73)(H,60,78)(H,61,81)(H,62,74)(H,63,82)(H,64,79)(H,66,75)(H,67,80)/t28-,29-,32?,37?,38?,39?,40?,41-,48-,49-,57?,89+/m0/s1. The summed E-state index contributed by atoms with van der Waals surface area (Å²) in [6.45, 7) is 3.31. The lowest BCUT2D eigenvalue weighted by atomic mass is 9.93. The first kappa shape index (κ1) is 66.3. The number of aromatic hydroxyl groups is 1. The number of amides is 12. The molecule has 12 amide bonds. The van der Waals surface area contributed by atoms with Crippen molar-refractivity contribution in [2.24, 2.45) is 17.6 Å². The topological polar surface area (TPSA) is 450 Å². The van der Waals surface area contributed by atoms with Gasteiger partial charge in [-0.25, -0.2) is 0 Å². The Balaban J connectivity index is 1.06. The lowest BCUT2D eigenvalue weighted by molar-refractivity contribution is -0.144. The van der Waals surface area contributed by atoms with Crippen LogP contribution in [-0.4, -0.2) is 214 Å². The molecular formula is C57H72N12O19S. The van der Waals surface area contributed by atoms with Gasteiger partial charge in [0.05, 0.1) is 57.1 Å². The maximum atomic E-state index is 15.2. The minimum Gasteiger partial charge on any atom is -0.610 e. The molecule has 2 fully saturated rings. The number of carbonyl (C=O) groups is 12. The fourth-order valence-electron chi connectivity index (χ4n) is 10.7. The molecule has 3 aromatic rings. The molecule has 0 spiro atoms. The molecule has 1 aromatic heterocycles. The van der Waals surface area contributed by atoms with E-state index in [0.29, 0.717) is 17.7 Å². The predicted octanol–water partition coefficient (Wildman–Crippen LogP) is -4.33. The van der Waals surface area contributed by atoms with Gasteiger partial charge >= 0.3 is 0 Å². The molecule has 0 radical (unpaired) electrons. The van der Waals surface area contributed by atoms with E-state index in [2.05, 4.69) is 47.5 Å². The van der Waals surface area contributed by atoms with Crippen molar-refractivity contribution in [3.05, 3.63) is 65.7 Å². The molecule has 0 saturated carbocycles. The summed E-state index contributed by atoms with van der Waals surface area (Å²) in [7, 11) is 0. The van der Waals surface area contributed by atoms with Gasteiger partial charge in [0.2, 0.25) is 64.1 Å². The highest BCUT2D eigenvalue weighted by atomic mass is 32.2. The predicted molar refractivity (Wildman–Crippen MR) is 309 cm³/mol. The second-order valence-electron chi connectivity index (χ2n) is 22.0. The summed E-state index contributed by atoms with van der Waals surface area (Å²) in [6.07, 6.45) is -2.61. The van der Waals surface area contributed by atoms with Crippen LogP contribution in [0, 0.1) is 11.8 Å². The molecule has 6 heterocycles. The smallest absolute Gasteiger partial charge is 0.253 e. The Kier molecular flexibility index (Phi) is 22.3. The van der Waals surface area contributed by atoms with Gasteiger partial charge in [0.25, 0.3) is 11.8 Å². The van der Waals surface area contributed by atoms with E-state index in [-0.39, 0.29) is 79.1 Å². The maximum absolute atomic E-state index is 15.2. The first-order chi connectivity index (χ1) is 42.5. The molecule has 13 N–H and O–H groups in total. The molecule has 32 heteroatoms. The number of phenols is 1. The number of nitrogens with zero attached hydrogens (tertiary/aromatic N) is 2. The first-order valence-corrected chi connectivity index (χ1v) is 30.2. The fourth-order valence-corrected chi connectivity index (χ4v) is 12.1. The third kappa shape index (κ3) is 16.9. The fraction of sp³-hybridized carbons (Fsp3) is 0.509. The van der Waals surface area contributed by atoms with E-state index in [1.807, 2.05) is 0 Å². The Morgan fingerprint density at radius 3 is 2.25 bits per heavy atom. The number of ether oxygens (including phenoxy) is 4. The largest absolute Gasteiger partial charge is 0.610 e. The highest BCUT2D eigenvalue weighted by Gasteiger charge is 2.47. The quantitative estimate of drug-likeness (QED) is 0.0345. The molecule has 5 aliphatic rings. The van der Waals surface area contributed by atoms with Crippen molar-refractivity contribution >= 4 is 93.0 Å². The van der Waals surface area contributed by atoms with Crippen LogP contribution in [0.5, 0.6) is 11.5 Å². The third-order valence-electron chi connectivity index (χ3n) is 15.7. The van der Waals surface area contributed by atoms with E-state index in [1.54, 1.807) is 45.0 Å². The van der Waals surface area contributed by atoms with Crippen LogP contribution in [-0.2, 0) is 89.3 Å². The third-order valence-corrected chi connectivity index (χ3v) is 17.2. The van der Waals surface area contributed by atoms with Gasteiger partial charge in [-0.1, -0.05) is 39.3 Å². The van der Waals surface area contributed by atoms with Crippen molar-refractivity contribution in [1.29, 1.82) is 0 Å². The molecule has 2 bridgehead atoms. The van der Waals surface area contributed by atoms with E-state index < -0.39 is 187 Å². The summed E-state index contributed by atoms with van der Waals surface area (Å²) < 4.78 is 38.7. The van der Waals surface area contributed by atoms with Crippen LogP contribution in [0.2, 0.25) is 0 Å². The van der Waals surface area contributed by atoms with E-state index in [0.717, 1.165) is 22.0 Å². The van der Waals surface area contributed by atoms with Crippen molar-refractivity contribution in [2.45, 2.75) is 113 Å². The Labute approximate surface area is 512 Å². The van der Waals surface area contributed by atoms with Gasteiger partial charge in [-0.15, -0.1) is 0 Å². The summed E-state index contributed by atoms with van der Waals surface area (Å²) in [5.41, 5.74) is 6.38. The second kappa shape index (κ2) is 30.0. The Morgan fingerprint density at radius 1 is 0.831 bits per heavy atom. The number of aliphatic hydroxyl groups is 1. The number of H-pyrrole nitrogens is 1. The molecule has 6 unspecified atom stereocenters. The monoisotopic (exact) mass is 1260 g/mol. The number of benzene rings is 2. The molecule has 5 aliphatic heterocycles. The number of hydrogen-bond acceptors (Lipinski definition) is 19. The number of aliphatic hydroxyl groups excluding tert-OH is 1. The average Bonchev–Trinajstić information content (AvgIpc) is 1.74. The van der Waals surface area contributed by atoms with Crippen molar-refractivity contribution in [3.8, 4) is 11.5 Å². The first-order valence-electron chi connectivity index (χ1n) is 28.9. The van der Waals surface area contributed by atoms with Crippen molar-refractivity contribution in [2.75, 3.05) is 64.9 Å². The van der Waals surface area contributed by atoms with Gasteiger partial charge in [-0.2, -0.15) is 0 Å². The lowest BCUT2D eigenvalue weighted by Gasteiger charge is -2.33. The number of primary amides is 1. The zero-order valence-electron chi connectivity index (χ0n) is 48.9. The van der Waals surface area contributed by atoms with E-state index >= 15 is 4.79 Å². The highest BCUT2D eigenvalue weighted by Crippen LogP contribution is 2.34. The molecule has 2 aromatic carbocycles. The molecule has 480 valence electrons. The number of aromatic nitrogens is 1. The lowest BCUT2D eigenvalue weighted by Crippen LogP contribution is -2.62. The van der Waals surface area contributed by atoms with E-state index in [4.69, 9.17) is 24.7 Å². The Morgan fingerprint density at radius 2 is 1.54 bits per heavy atom. The summed E-state index contributed by atoms with van der Waals surface area (Å²) in [5, 5.41) is 42.1. The number of phenolic OH excluding ortho intramolecular Hbond substituents is 1. The minimum absolute atomic E-state index is 0.0451. The van der Waals surface area contributed by atoms with Crippen LogP contribution in [0.15, 0.2) is 59.6 Å². The van der Waals surface area contributed by atoms with Crippen molar-refractivity contribution < 1.29 is 91.2 Å². The van der Waals surface area contributed by atoms with Gasteiger partial charge in [0.15, 0.2) is 12.3 Å². The van der Waals surface area contributed by atoms with Crippen LogP contribution >= 0.6 is 0 Å². The summed E-state index contributed by atoms with van der Waals surface area (Å²) in [5.74, 6) is -12.5. The molecule has 8 rings (SSSR count). The number of imide groups is 1. The number of hydrogen-bond donors (Lipinski definition) is 12. The van der Waals surface area contributed by atoms with Gasteiger partial charge in [0.1, 0.15) is 54.1 Å². The highest BCUT2D eigenvalue weighted by molar-refractivity contribution is 7.91. The zero-order valence-corrected chi connectivity index (χ0v) is 49.7. The number of fused-ring (bicyclic) bond motifs is 5. The number of carbonyl (C=O) groups excluding carboxylic acids is 12. The summed E-state index contributed by atoms with van der Waals surface area (Å²) in [6, 6.07) is 0.723. The molecule has 31 nitrogen and oxygen atoms in total. The second-order valence-corrected chi connectivity index (χ2v) is 23.5.